The molecule has 0 spiro atoms. The molecule has 1 aromatic rings. The number of aromatic nitrogens is 2. The van der Waals surface area contributed by atoms with Crippen LogP contribution in [0.1, 0.15) is 23.9 Å². The maximum atomic E-state index is 11.8. The first kappa shape index (κ1) is 19.7. The van der Waals surface area contributed by atoms with E-state index in [4.69, 9.17) is 14.3 Å². The minimum atomic E-state index is -0.545. The Balaban J connectivity index is 0.00000400. The van der Waals surface area contributed by atoms with Gasteiger partial charge in [0.2, 0.25) is 0 Å². The fourth-order valence-corrected chi connectivity index (χ4v) is 1.58. The molecule has 0 atom stereocenters. The Morgan fingerprint density at radius 2 is 2.14 bits per heavy atom. The van der Waals surface area contributed by atoms with Gasteiger partial charge in [0.25, 0.3) is 0 Å². The first-order chi connectivity index (χ1) is 9.65. The second-order valence-electron chi connectivity index (χ2n) is 3.63. The van der Waals surface area contributed by atoms with Crippen LogP contribution in [0.2, 0.25) is 0 Å². The number of carbonyl (C=O) groups is 1. The summed E-state index contributed by atoms with van der Waals surface area (Å²) in [6, 6.07) is 0. The molecule has 1 heterocycles. The Kier molecular flexibility index (Phi) is 9.74. The molecular formula is C13H16N3O4Y-. The van der Waals surface area contributed by atoms with Crippen LogP contribution in [0.4, 0.5) is 0 Å². The molecule has 0 unspecified atom stereocenters. The SMILES string of the molecule is C[C-]=NOCc1ncnc(C)c1/C(=C\OC)C(=O)OC.[Y]. The van der Waals surface area contributed by atoms with Crippen LogP contribution in [0.5, 0.6) is 0 Å². The monoisotopic (exact) mass is 367 g/mol. The van der Waals surface area contributed by atoms with E-state index in [9.17, 15) is 4.79 Å². The van der Waals surface area contributed by atoms with Crippen molar-refractivity contribution in [1.29, 1.82) is 0 Å². The quantitative estimate of drug-likeness (QED) is 0.189. The van der Waals surface area contributed by atoms with Crippen LogP contribution in [0, 0.1) is 6.92 Å². The number of aryl methyl sites for hydroxylation is 1. The van der Waals surface area contributed by atoms with Crippen molar-refractivity contribution in [2.75, 3.05) is 14.2 Å². The molecular weight excluding hydrogens is 351 g/mol. The van der Waals surface area contributed by atoms with E-state index in [0.717, 1.165) is 0 Å². The molecule has 0 saturated carbocycles. The molecule has 0 aliphatic carbocycles. The average molecular weight is 367 g/mol. The summed E-state index contributed by atoms with van der Waals surface area (Å²) in [5, 5.41) is 3.53. The predicted octanol–water partition coefficient (Wildman–Crippen LogP) is 1.34. The molecule has 0 fully saturated rings. The van der Waals surface area contributed by atoms with Crippen molar-refractivity contribution in [3.05, 3.63) is 29.5 Å². The van der Waals surface area contributed by atoms with Gasteiger partial charge in [0, 0.05) is 44.0 Å². The minimum Gasteiger partial charge on any atom is -0.503 e. The van der Waals surface area contributed by atoms with Crippen LogP contribution in [-0.2, 0) is 58.4 Å². The molecule has 0 aromatic carbocycles. The average Bonchev–Trinajstić information content (AvgIpc) is 2.45. The Bertz CT molecular complexity index is 532. The normalized spacial score (nSPS) is 11.0. The van der Waals surface area contributed by atoms with Crippen LogP contribution in [-0.4, -0.2) is 36.4 Å². The molecule has 0 bridgehead atoms. The number of nitrogens with zero attached hydrogens (tertiary/aromatic N) is 3. The molecule has 8 heteroatoms. The van der Waals surface area contributed by atoms with Crippen LogP contribution >= 0.6 is 0 Å². The zero-order valence-corrected chi connectivity index (χ0v) is 15.3. The van der Waals surface area contributed by atoms with Crippen LogP contribution in [0.25, 0.3) is 5.57 Å². The van der Waals surface area contributed by atoms with Crippen LogP contribution in [0.3, 0.4) is 0 Å². The zero-order chi connectivity index (χ0) is 15.0. The molecule has 0 saturated heterocycles. The van der Waals surface area contributed by atoms with Crippen molar-refractivity contribution in [2.24, 2.45) is 5.16 Å². The molecule has 1 aromatic heterocycles. The third-order valence-electron chi connectivity index (χ3n) is 2.38. The summed E-state index contributed by atoms with van der Waals surface area (Å²) in [5.74, 6) is -0.545. The van der Waals surface area contributed by atoms with Gasteiger partial charge in [-0.1, -0.05) is 0 Å². The van der Waals surface area contributed by atoms with Crippen LogP contribution < -0.4 is 0 Å². The molecule has 7 nitrogen and oxygen atoms in total. The molecule has 0 N–H and O–H groups in total. The van der Waals surface area contributed by atoms with Gasteiger partial charge in [-0.15, -0.1) is 0 Å². The summed E-state index contributed by atoms with van der Waals surface area (Å²) in [7, 11) is 2.73. The van der Waals surface area contributed by atoms with Gasteiger partial charge in [-0.05, 0) is 6.92 Å². The summed E-state index contributed by atoms with van der Waals surface area (Å²) in [6.45, 7) is 3.44. The summed E-state index contributed by atoms with van der Waals surface area (Å²) in [6.07, 6.45) is 5.16. The second kappa shape index (κ2) is 10.4. The largest absolute Gasteiger partial charge is 0.503 e. The molecule has 1 rings (SSSR count). The van der Waals surface area contributed by atoms with E-state index in [1.165, 1.54) is 26.8 Å². The second-order valence-corrected chi connectivity index (χ2v) is 3.63. The number of carbonyl (C=O) groups excluding carboxylic acids is 1. The summed E-state index contributed by atoms with van der Waals surface area (Å²) in [5.41, 5.74) is 1.84. The third kappa shape index (κ3) is 5.51. The number of methoxy groups -OCH3 is 2. The number of hydrogen-bond donors (Lipinski definition) is 0. The van der Waals surface area contributed by atoms with E-state index in [1.54, 1.807) is 13.8 Å². The van der Waals surface area contributed by atoms with Crippen molar-refractivity contribution in [3.63, 3.8) is 0 Å². The summed E-state index contributed by atoms with van der Waals surface area (Å²) in [4.78, 5) is 25.0. The first-order valence-corrected chi connectivity index (χ1v) is 5.76. The van der Waals surface area contributed by atoms with Crippen molar-refractivity contribution in [1.82, 2.24) is 9.97 Å². The van der Waals surface area contributed by atoms with E-state index in [0.29, 0.717) is 17.0 Å². The van der Waals surface area contributed by atoms with Gasteiger partial charge in [-0.2, -0.15) is 6.92 Å². The maximum Gasteiger partial charge on any atom is 0.341 e. The fraction of sp³-hybridized carbons (Fsp3) is 0.385. The number of rotatable bonds is 6. The molecule has 1 radical (unpaired) electrons. The molecule has 111 valence electrons. The van der Waals surface area contributed by atoms with Crippen molar-refractivity contribution >= 4 is 17.8 Å². The Morgan fingerprint density at radius 1 is 1.43 bits per heavy atom. The maximum absolute atomic E-state index is 11.8. The molecule has 0 aliphatic rings. The standard InChI is InChI=1S/C13H16N3O4.Y/c1-5-16-20-7-11-12(9(2)14-8-15-11)10(6-18-3)13(17)19-4;/h6,8H,7H2,1-4H3;/q-1;/b10-6+;. The van der Waals surface area contributed by atoms with Gasteiger partial charge < -0.3 is 25.7 Å². The van der Waals surface area contributed by atoms with E-state index >= 15 is 0 Å². The smallest absolute Gasteiger partial charge is 0.341 e. The summed E-state index contributed by atoms with van der Waals surface area (Å²) < 4.78 is 9.66. The molecule has 0 aliphatic heterocycles. The topological polar surface area (TPSA) is 82.9 Å². The van der Waals surface area contributed by atoms with Gasteiger partial charge in [0.15, 0.2) is 6.61 Å². The van der Waals surface area contributed by atoms with Gasteiger partial charge in [-0.25, -0.2) is 14.8 Å². The fourth-order valence-electron chi connectivity index (χ4n) is 1.58. The van der Waals surface area contributed by atoms with Gasteiger partial charge in [-0.3, -0.25) is 0 Å². The van der Waals surface area contributed by atoms with E-state index in [1.807, 2.05) is 0 Å². The predicted molar refractivity (Wildman–Crippen MR) is 71.7 cm³/mol. The van der Waals surface area contributed by atoms with Gasteiger partial charge in [0.1, 0.15) is 11.9 Å². The van der Waals surface area contributed by atoms with Crippen LogP contribution in [0.15, 0.2) is 17.7 Å². The van der Waals surface area contributed by atoms with E-state index in [-0.39, 0.29) is 44.9 Å². The van der Waals surface area contributed by atoms with E-state index < -0.39 is 5.97 Å². The van der Waals surface area contributed by atoms with Gasteiger partial charge in [0.05, 0.1) is 26.2 Å². The minimum absolute atomic E-state index is 0. The zero-order valence-electron chi connectivity index (χ0n) is 12.4. The van der Waals surface area contributed by atoms with Crippen molar-refractivity contribution < 1.29 is 51.8 Å². The number of esters is 1. The first-order valence-electron chi connectivity index (χ1n) is 5.76. The Hall–Kier alpha value is -1.34. The van der Waals surface area contributed by atoms with Crippen molar-refractivity contribution in [2.45, 2.75) is 20.5 Å². The van der Waals surface area contributed by atoms with Gasteiger partial charge >= 0.3 is 5.97 Å². The Labute approximate surface area is 148 Å². The molecule has 0 amide bonds. The van der Waals surface area contributed by atoms with E-state index in [2.05, 4.69) is 21.3 Å². The summed E-state index contributed by atoms with van der Waals surface area (Å²) >= 11 is 0. The van der Waals surface area contributed by atoms with Crippen molar-refractivity contribution in [3.8, 4) is 0 Å². The Morgan fingerprint density at radius 3 is 2.71 bits per heavy atom. The molecule has 21 heavy (non-hydrogen) atoms. The number of hydrogen-bond acceptors (Lipinski definition) is 7. The third-order valence-corrected chi connectivity index (χ3v) is 2.38. The number of ether oxygens (including phenoxy) is 2.